The molecule has 2 aliphatic rings. The Balaban J connectivity index is 1.71. The van der Waals surface area contributed by atoms with E-state index >= 15 is 0 Å². The fourth-order valence-corrected chi connectivity index (χ4v) is 2.90. The number of hydrogen-bond donors (Lipinski definition) is 2. The van der Waals surface area contributed by atoms with Crippen LogP contribution in [-0.4, -0.2) is 74.0 Å². The van der Waals surface area contributed by atoms with Gasteiger partial charge >= 0.3 is 0 Å². The Hall–Kier alpha value is -1.40. The van der Waals surface area contributed by atoms with Crippen LogP contribution in [0.2, 0.25) is 0 Å². The lowest BCUT2D eigenvalue weighted by atomic mass is 9.96. The van der Waals surface area contributed by atoms with Crippen molar-refractivity contribution in [3.63, 3.8) is 0 Å². The molecule has 0 spiro atoms. The fourth-order valence-electron chi connectivity index (χ4n) is 2.90. The SMILES string of the molecule is C=CCNC(=O)CN1CCN(C(=O)C2CCNCC2)CC1. The number of amides is 2. The first-order chi connectivity index (χ1) is 10.2. The zero-order chi connectivity index (χ0) is 15.1. The number of carbonyl (C=O) groups is 2. The third-order valence-corrected chi connectivity index (χ3v) is 4.18. The topological polar surface area (TPSA) is 64.7 Å². The van der Waals surface area contributed by atoms with Gasteiger partial charge in [0.1, 0.15) is 0 Å². The molecule has 118 valence electrons. The zero-order valence-electron chi connectivity index (χ0n) is 12.6. The maximum Gasteiger partial charge on any atom is 0.234 e. The Bertz CT molecular complexity index is 372. The molecule has 0 bridgehead atoms. The lowest BCUT2D eigenvalue weighted by Gasteiger charge is -2.36. The normalized spacial score (nSPS) is 21.0. The highest BCUT2D eigenvalue weighted by molar-refractivity contribution is 5.79. The predicted molar refractivity (Wildman–Crippen MR) is 81.8 cm³/mol. The lowest BCUT2D eigenvalue weighted by Crippen LogP contribution is -2.53. The largest absolute Gasteiger partial charge is 0.352 e. The number of piperazine rings is 1. The summed E-state index contributed by atoms with van der Waals surface area (Å²) >= 11 is 0. The summed E-state index contributed by atoms with van der Waals surface area (Å²) in [7, 11) is 0. The molecule has 2 rings (SSSR count). The van der Waals surface area contributed by atoms with Crippen molar-refractivity contribution in [2.24, 2.45) is 5.92 Å². The van der Waals surface area contributed by atoms with E-state index in [9.17, 15) is 9.59 Å². The Kier molecular flexibility index (Phi) is 6.20. The average Bonchev–Trinajstić information content (AvgIpc) is 2.54. The van der Waals surface area contributed by atoms with Gasteiger partial charge in [-0.25, -0.2) is 0 Å². The van der Waals surface area contributed by atoms with Crippen molar-refractivity contribution in [2.45, 2.75) is 12.8 Å². The van der Waals surface area contributed by atoms with Gasteiger partial charge in [0.25, 0.3) is 0 Å². The van der Waals surface area contributed by atoms with Gasteiger partial charge in [-0.2, -0.15) is 0 Å². The van der Waals surface area contributed by atoms with E-state index in [0.717, 1.165) is 52.1 Å². The molecule has 2 heterocycles. The molecular formula is C15H26N4O2. The summed E-state index contributed by atoms with van der Waals surface area (Å²) in [6.45, 7) is 9.40. The van der Waals surface area contributed by atoms with E-state index in [1.807, 2.05) is 4.90 Å². The van der Waals surface area contributed by atoms with Crippen LogP contribution in [-0.2, 0) is 9.59 Å². The van der Waals surface area contributed by atoms with Crippen molar-refractivity contribution in [3.05, 3.63) is 12.7 Å². The Labute approximate surface area is 126 Å². The first kappa shape index (κ1) is 16.0. The summed E-state index contributed by atoms with van der Waals surface area (Å²) < 4.78 is 0. The molecule has 0 atom stereocenters. The maximum absolute atomic E-state index is 12.4. The summed E-state index contributed by atoms with van der Waals surface area (Å²) in [5.74, 6) is 0.508. The van der Waals surface area contributed by atoms with Gasteiger partial charge in [-0.15, -0.1) is 6.58 Å². The first-order valence-corrected chi connectivity index (χ1v) is 7.80. The fraction of sp³-hybridized carbons (Fsp3) is 0.733. The van der Waals surface area contributed by atoms with Crippen LogP contribution in [0, 0.1) is 5.92 Å². The van der Waals surface area contributed by atoms with Gasteiger partial charge in [-0.05, 0) is 25.9 Å². The highest BCUT2D eigenvalue weighted by Gasteiger charge is 2.28. The van der Waals surface area contributed by atoms with Gasteiger partial charge in [-0.3, -0.25) is 14.5 Å². The maximum atomic E-state index is 12.4. The molecule has 2 fully saturated rings. The van der Waals surface area contributed by atoms with Gasteiger partial charge in [-0.1, -0.05) is 6.08 Å². The van der Waals surface area contributed by atoms with Crippen LogP contribution in [0.15, 0.2) is 12.7 Å². The van der Waals surface area contributed by atoms with E-state index in [1.54, 1.807) is 6.08 Å². The monoisotopic (exact) mass is 294 g/mol. The van der Waals surface area contributed by atoms with Crippen LogP contribution < -0.4 is 10.6 Å². The minimum absolute atomic E-state index is 0.0213. The van der Waals surface area contributed by atoms with Crippen molar-refractivity contribution >= 4 is 11.8 Å². The number of hydrogen-bond acceptors (Lipinski definition) is 4. The molecule has 0 aromatic heterocycles. The highest BCUT2D eigenvalue weighted by Crippen LogP contribution is 2.16. The van der Waals surface area contributed by atoms with Crippen LogP contribution in [0.5, 0.6) is 0 Å². The van der Waals surface area contributed by atoms with E-state index in [1.165, 1.54) is 0 Å². The number of rotatable bonds is 5. The second kappa shape index (κ2) is 8.14. The van der Waals surface area contributed by atoms with Crippen LogP contribution in [0.4, 0.5) is 0 Å². The summed E-state index contributed by atoms with van der Waals surface area (Å²) in [6.07, 6.45) is 3.57. The molecule has 6 nitrogen and oxygen atoms in total. The van der Waals surface area contributed by atoms with Crippen molar-refractivity contribution < 1.29 is 9.59 Å². The van der Waals surface area contributed by atoms with Crippen molar-refractivity contribution in [1.82, 2.24) is 20.4 Å². The molecule has 2 amide bonds. The van der Waals surface area contributed by atoms with Gasteiger partial charge in [0, 0.05) is 38.6 Å². The van der Waals surface area contributed by atoms with Gasteiger partial charge < -0.3 is 15.5 Å². The van der Waals surface area contributed by atoms with E-state index in [2.05, 4.69) is 22.1 Å². The van der Waals surface area contributed by atoms with E-state index in [0.29, 0.717) is 19.0 Å². The molecule has 0 unspecified atom stereocenters. The lowest BCUT2D eigenvalue weighted by molar-refractivity contribution is -0.138. The van der Waals surface area contributed by atoms with Crippen LogP contribution in [0.25, 0.3) is 0 Å². The molecule has 6 heteroatoms. The summed E-state index contributed by atoms with van der Waals surface area (Å²) in [4.78, 5) is 28.1. The third kappa shape index (κ3) is 4.82. The predicted octanol–water partition coefficient (Wildman–Crippen LogP) is -0.568. The molecule has 2 saturated heterocycles. The minimum atomic E-state index is 0.0213. The van der Waals surface area contributed by atoms with Gasteiger partial charge in [0.2, 0.25) is 11.8 Å². The number of carbonyl (C=O) groups excluding carboxylic acids is 2. The van der Waals surface area contributed by atoms with E-state index < -0.39 is 0 Å². The Morgan fingerprint density at radius 3 is 2.48 bits per heavy atom. The second-order valence-corrected chi connectivity index (χ2v) is 5.72. The molecule has 0 aliphatic carbocycles. The molecule has 2 aliphatic heterocycles. The minimum Gasteiger partial charge on any atom is -0.352 e. The smallest absolute Gasteiger partial charge is 0.234 e. The third-order valence-electron chi connectivity index (χ3n) is 4.18. The number of nitrogens with zero attached hydrogens (tertiary/aromatic N) is 2. The van der Waals surface area contributed by atoms with E-state index in [-0.39, 0.29) is 11.8 Å². The average molecular weight is 294 g/mol. The first-order valence-electron chi connectivity index (χ1n) is 7.80. The summed E-state index contributed by atoms with van der Waals surface area (Å²) in [6, 6.07) is 0. The van der Waals surface area contributed by atoms with Crippen LogP contribution in [0.3, 0.4) is 0 Å². The van der Waals surface area contributed by atoms with Gasteiger partial charge in [0.05, 0.1) is 6.54 Å². The molecule has 2 N–H and O–H groups in total. The van der Waals surface area contributed by atoms with Crippen LogP contribution in [0.1, 0.15) is 12.8 Å². The van der Waals surface area contributed by atoms with Crippen molar-refractivity contribution in [3.8, 4) is 0 Å². The molecular weight excluding hydrogens is 268 g/mol. The standard InChI is InChI=1S/C15H26N4O2/c1-2-5-17-14(20)12-18-8-10-19(11-9-18)15(21)13-3-6-16-7-4-13/h2,13,16H,1,3-12H2,(H,17,20). The number of piperidine rings is 1. The Morgan fingerprint density at radius 1 is 1.19 bits per heavy atom. The summed E-state index contributed by atoms with van der Waals surface area (Å²) in [5, 5.41) is 6.07. The van der Waals surface area contributed by atoms with Gasteiger partial charge in [0.15, 0.2) is 0 Å². The Morgan fingerprint density at radius 2 is 1.86 bits per heavy atom. The molecule has 0 saturated carbocycles. The van der Waals surface area contributed by atoms with Crippen molar-refractivity contribution in [2.75, 3.05) is 52.4 Å². The van der Waals surface area contributed by atoms with Crippen molar-refractivity contribution in [1.29, 1.82) is 0 Å². The highest BCUT2D eigenvalue weighted by atomic mass is 16.2. The molecule has 21 heavy (non-hydrogen) atoms. The number of nitrogens with one attached hydrogen (secondary N) is 2. The van der Waals surface area contributed by atoms with E-state index in [4.69, 9.17) is 0 Å². The quantitative estimate of drug-likeness (QED) is 0.667. The molecule has 0 aromatic rings. The molecule has 0 aromatic carbocycles. The zero-order valence-corrected chi connectivity index (χ0v) is 12.6. The second-order valence-electron chi connectivity index (χ2n) is 5.72. The molecule has 0 radical (unpaired) electrons. The van der Waals surface area contributed by atoms with Crippen LogP contribution >= 0.6 is 0 Å². The summed E-state index contributed by atoms with van der Waals surface area (Å²) in [5.41, 5.74) is 0.